The first kappa shape index (κ1) is 11.7. The number of carbonyl (C=O) groups is 1. The molecule has 1 unspecified atom stereocenters. The van der Waals surface area contributed by atoms with E-state index in [1.165, 1.54) is 0 Å². The largest absolute Gasteiger partial charge is 0.480 e. The SMILES string of the molecule is NC(Cc1ccc2[nH]c3ncccc3c2c1)C(=O)O. The van der Waals surface area contributed by atoms with Crippen molar-refractivity contribution in [1.29, 1.82) is 0 Å². The predicted molar refractivity (Wildman–Crippen MR) is 72.9 cm³/mol. The Bertz CT molecular complexity index is 764. The van der Waals surface area contributed by atoms with E-state index in [1.807, 2.05) is 30.3 Å². The zero-order chi connectivity index (χ0) is 13.4. The van der Waals surface area contributed by atoms with Crippen molar-refractivity contribution in [2.45, 2.75) is 12.5 Å². The summed E-state index contributed by atoms with van der Waals surface area (Å²) < 4.78 is 0. The van der Waals surface area contributed by atoms with Gasteiger partial charge in [-0.15, -0.1) is 0 Å². The van der Waals surface area contributed by atoms with Gasteiger partial charge in [0.25, 0.3) is 0 Å². The number of carboxylic acid groups (broad SMARTS) is 1. The van der Waals surface area contributed by atoms with Crippen molar-refractivity contribution in [2.75, 3.05) is 0 Å². The lowest BCUT2D eigenvalue weighted by Gasteiger charge is -2.06. The molecule has 0 bridgehead atoms. The molecule has 0 spiro atoms. The van der Waals surface area contributed by atoms with Crippen LogP contribution in [0.2, 0.25) is 0 Å². The van der Waals surface area contributed by atoms with Crippen LogP contribution in [0.25, 0.3) is 21.9 Å². The van der Waals surface area contributed by atoms with E-state index in [2.05, 4.69) is 9.97 Å². The molecular weight excluding hydrogens is 242 g/mol. The minimum atomic E-state index is -0.985. The van der Waals surface area contributed by atoms with Gasteiger partial charge in [0.15, 0.2) is 0 Å². The Morgan fingerprint density at radius 3 is 3.00 bits per heavy atom. The van der Waals surface area contributed by atoms with Gasteiger partial charge in [-0.2, -0.15) is 0 Å². The number of H-pyrrole nitrogens is 1. The highest BCUT2D eigenvalue weighted by atomic mass is 16.4. The molecule has 0 saturated heterocycles. The van der Waals surface area contributed by atoms with E-state index in [-0.39, 0.29) is 0 Å². The first-order valence-corrected chi connectivity index (χ1v) is 5.99. The van der Waals surface area contributed by atoms with Crippen molar-refractivity contribution in [2.24, 2.45) is 5.73 Å². The van der Waals surface area contributed by atoms with Crippen LogP contribution in [-0.2, 0) is 11.2 Å². The number of nitrogens with zero attached hydrogens (tertiary/aromatic N) is 1. The van der Waals surface area contributed by atoms with E-state index >= 15 is 0 Å². The Balaban J connectivity index is 2.09. The second-order valence-electron chi connectivity index (χ2n) is 4.55. The van der Waals surface area contributed by atoms with Crippen molar-refractivity contribution in [3.05, 3.63) is 42.1 Å². The summed E-state index contributed by atoms with van der Waals surface area (Å²) in [5.41, 5.74) is 8.29. The lowest BCUT2D eigenvalue weighted by molar-refractivity contribution is -0.138. The van der Waals surface area contributed by atoms with E-state index in [0.717, 1.165) is 27.5 Å². The molecule has 0 aliphatic rings. The topological polar surface area (TPSA) is 92.0 Å². The second-order valence-corrected chi connectivity index (χ2v) is 4.55. The van der Waals surface area contributed by atoms with Gasteiger partial charge in [-0.3, -0.25) is 4.79 Å². The number of fused-ring (bicyclic) bond motifs is 3. The van der Waals surface area contributed by atoms with Crippen molar-refractivity contribution in [1.82, 2.24) is 9.97 Å². The number of aromatic amines is 1. The molecule has 2 heterocycles. The third kappa shape index (κ3) is 2.04. The van der Waals surface area contributed by atoms with Crippen LogP contribution in [0.5, 0.6) is 0 Å². The Kier molecular flexibility index (Phi) is 2.68. The smallest absolute Gasteiger partial charge is 0.320 e. The van der Waals surface area contributed by atoms with E-state index in [0.29, 0.717) is 6.42 Å². The molecule has 1 aromatic carbocycles. The van der Waals surface area contributed by atoms with Gasteiger partial charge in [-0.05, 0) is 36.2 Å². The van der Waals surface area contributed by atoms with Crippen molar-refractivity contribution in [3.63, 3.8) is 0 Å². The molecule has 0 fully saturated rings. The van der Waals surface area contributed by atoms with Gasteiger partial charge in [0, 0.05) is 22.5 Å². The molecule has 2 aromatic heterocycles. The molecule has 4 N–H and O–H groups in total. The quantitative estimate of drug-likeness (QED) is 0.663. The lowest BCUT2D eigenvalue weighted by atomic mass is 10.0. The van der Waals surface area contributed by atoms with E-state index < -0.39 is 12.0 Å². The van der Waals surface area contributed by atoms with Crippen LogP contribution in [0.15, 0.2) is 36.5 Å². The fourth-order valence-corrected chi connectivity index (χ4v) is 2.24. The molecule has 19 heavy (non-hydrogen) atoms. The highest BCUT2D eigenvalue weighted by Crippen LogP contribution is 2.25. The zero-order valence-electron chi connectivity index (χ0n) is 10.1. The number of hydrogen-bond donors (Lipinski definition) is 3. The third-order valence-corrected chi connectivity index (χ3v) is 3.21. The number of aromatic nitrogens is 2. The van der Waals surface area contributed by atoms with Crippen LogP contribution in [0.1, 0.15) is 5.56 Å². The summed E-state index contributed by atoms with van der Waals surface area (Å²) in [6.45, 7) is 0. The minimum absolute atomic E-state index is 0.318. The van der Waals surface area contributed by atoms with Gasteiger partial charge in [0.1, 0.15) is 11.7 Å². The van der Waals surface area contributed by atoms with E-state index in [4.69, 9.17) is 10.8 Å². The van der Waals surface area contributed by atoms with E-state index in [9.17, 15) is 4.79 Å². The average Bonchev–Trinajstić information content (AvgIpc) is 2.76. The van der Waals surface area contributed by atoms with Crippen LogP contribution in [0.4, 0.5) is 0 Å². The molecule has 0 aliphatic carbocycles. The molecule has 0 saturated carbocycles. The molecular formula is C14H13N3O2. The highest BCUT2D eigenvalue weighted by Gasteiger charge is 2.13. The van der Waals surface area contributed by atoms with Crippen molar-refractivity contribution < 1.29 is 9.90 Å². The van der Waals surface area contributed by atoms with Gasteiger partial charge in [0.2, 0.25) is 0 Å². The standard InChI is InChI=1S/C14H13N3O2/c15-11(14(18)19)7-8-3-4-12-10(6-8)9-2-1-5-16-13(9)17-12/h1-6,11H,7,15H2,(H,16,17)(H,18,19). The zero-order valence-corrected chi connectivity index (χ0v) is 10.1. The maximum atomic E-state index is 10.8. The van der Waals surface area contributed by atoms with Gasteiger partial charge in [0.05, 0.1) is 0 Å². The molecule has 5 heteroatoms. The van der Waals surface area contributed by atoms with Crippen LogP contribution < -0.4 is 5.73 Å². The van der Waals surface area contributed by atoms with Crippen molar-refractivity contribution in [3.8, 4) is 0 Å². The number of rotatable bonds is 3. The fraction of sp³-hybridized carbons (Fsp3) is 0.143. The summed E-state index contributed by atoms with van der Waals surface area (Å²) >= 11 is 0. The predicted octanol–water partition coefficient (Wildman–Crippen LogP) is 1.67. The molecule has 0 aliphatic heterocycles. The summed E-state index contributed by atoms with van der Waals surface area (Å²) in [6.07, 6.45) is 2.05. The summed E-state index contributed by atoms with van der Waals surface area (Å²) in [6, 6.07) is 8.79. The average molecular weight is 255 g/mol. The van der Waals surface area contributed by atoms with E-state index in [1.54, 1.807) is 6.20 Å². The number of nitrogens with two attached hydrogens (primary N) is 1. The number of carboxylic acids is 1. The maximum absolute atomic E-state index is 10.8. The van der Waals surface area contributed by atoms with Crippen LogP contribution in [0.3, 0.4) is 0 Å². The number of nitrogens with one attached hydrogen (secondary N) is 1. The molecule has 96 valence electrons. The molecule has 3 rings (SSSR count). The third-order valence-electron chi connectivity index (χ3n) is 3.21. The summed E-state index contributed by atoms with van der Waals surface area (Å²) in [7, 11) is 0. The lowest BCUT2D eigenvalue weighted by Crippen LogP contribution is -2.32. The highest BCUT2D eigenvalue weighted by molar-refractivity contribution is 6.05. The molecule has 1 atom stereocenters. The van der Waals surface area contributed by atoms with Crippen molar-refractivity contribution >= 4 is 27.9 Å². The molecule has 0 amide bonds. The summed E-state index contributed by atoms with van der Waals surface area (Å²) in [4.78, 5) is 18.3. The van der Waals surface area contributed by atoms with Gasteiger partial charge in [-0.1, -0.05) is 6.07 Å². The Labute approximate surface area is 109 Å². The maximum Gasteiger partial charge on any atom is 0.320 e. The molecule has 5 nitrogen and oxygen atoms in total. The normalized spacial score (nSPS) is 12.9. The Morgan fingerprint density at radius 2 is 2.21 bits per heavy atom. The van der Waals surface area contributed by atoms with Gasteiger partial charge < -0.3 is 15.8 Å². The number of aliphatic carboxylic acids is 1. The summed E-state index contributed by atoms with van der Waals surface area (Å²) in [5.74, 6) is -0.985. The minimum Gasteiger partial charge on any atom is -0.480 e. The van der Waals surface area contributed by atoms with Gasteiger partial charge in [-0.25, -0.2) is 4.98 Å². The Morgan fingerprint density at radius 1 is 1.37 bits per heavy atom. The second kappa shape index (κ2) is 4.37. The van der Waals surface area contributed by atoms with Crippen LogP contribution in [0, 0.1) is 0 Å². The molecule has 3 aromatic rings. The Hall–Kier alpha value is -2.40. The molecule has 0 radical (unpaired) electrons. The van der Waals surface area contributed by atoms with Crippen LogP contribution in [-0.4, -0.2) is 27.1 Å². The first-order valence-electron chi connectivity index (χ1n) is 5.99. The first-order chi connectivity index (χ1) is 9.15. The van der Waals surface area contributed by atoms with Gasteiger partial charge >= 0.3 is 5.97 Å². The summed E-state index contributed by atoms with van der Waals surface area (Å²) in [5, 5.41) is 10.9. The number of pyridine rings is 1. The fourth-order valence-electron chi connectivity index (χ4n) is 2.24. The monoisotopic (exact) mass is 255 g/mol. The number of benzene rings is 1. The van der Waals surface area contributed by atoms with Crippen LogP contribution >= 0.6 is 0 Å². The number of hydrogen-bond acceptors (Lipinski definition) is 3.